The molecule has 1 spiro atoms. The third-order valence-corrected chi connectivity index (χ3v) is 5.18. The van der Waals surface area contributed by atoms with Crippen molar-refractivity contribution in [2.24, 2.45) is 0 Å². The predicted octanol–water partition coefficient (Wildman–Crippen LogP) is 2.97. The first-order valence-electron chi connectivity index (χ1n) is 7.99. The van der Waals surface area contributed by atoms with E-state index in [4.69, 9.17) is 0 Å². The van der Waals surface area contributed by atoms with Crippen LogP contribution < -0.4 is 5.32 Å². The quantitative estimate of drug-likeness (QED) is 0.898. The average Bonchev–Trinajstić information content (AvgIpc) is 2.46. The van der Waals surface area contributed by atoms with Gasteiger partial charge in [0.25, 0.3) is 0 Å². The lowest BCUT2D eigenvalue weighted by molar-refractivity contribution is 0.00484. The van der Waals surface area contributed by atoms with Crippen LogP contribution in [0.25, 0.3) is 0 Å². The van der Waals surface area contributed by atoms with Crippen molar-refractivity contribution in [3.05, 3.63) is 30.1 Å². The molecular formula is C17H27N3. The highest BCUT2D eigenvalue weighted by molar-refractivity contribution is 5.12. The monoisotopic (exact) mass is 273 g/mol. The molecule has 1 saturated carbocycles. The van der Waals surface area contributed by atoms with Gasteiger partial charge in [0.05, 0.1) is 0 Å². The van der Waals surface area contributed by atoms with Gasteiger partial charge in [0, 0.05) is 43.1 Å². The van der Waals surface area contributed by atoms with Crippen molar-refractivity contribution in [1.29, 1.82) is 0 Å². The van der Waals surface area contributed by atoms with Gasteiger partial charge in [-0.25, -0.2) is 0 Å². The highest BCUT2D eigenvalue weighted by atomic mass is 15.3. The predicted molar refractivity (Wildman–Crippen MR) is 82.5 cm³/mol. The number of hydrogen-bond donors (Lipinski definition) is 1. The first-order valence-corrected chi connectivity index (χ1v) is 7.99. The van der Waals surface area contributed by atoms with Gasteiger partial charge in [0.1, 0.15) is 0 Å². The Labute approximate surface area is 122 Å². The summed E-state index contributed by atoms with van der Waals surface area (Å²) < 4.78 is 0. The molecule has 0 bridgehead atoms. The zero-order chi connectivity index (χ0) is 14.1. The second-order valence-corrected chi connectivity index (χ2v) is 7.22. The van der Waals surface area contributed by atoms with Gasteiger partial charge in [-0.3, -0.25) is 9.88 Å². The van der Waals surface area contributed by atoms with Crippen LogP contribution in [-0.2, 0) is 6.54 Å². The fraction of sp³-hybridized carbons (Fsp3) is 0.706. The molecule has 1 saturated heterocycles. The number of nitrogens with zero attached hydrogens (tertiary/aromatic N) is 2. The molecule has 110 valence electrons. The molecule has 2 aliphatic rings. The Kier molecular flexibility index (Phi) is 3.83. The standard InChI is InChI=1S/C17H27N3/c1-16(2)13-19-17(8-4-3-5-9-17)14-20(16)12-15-6-10-18-11-7-15/h6-7,10-11,19H,3-5,8-9,12-14H2,1-2H3. The Morgan fingerprint density at radius 3 is 2.55 bits per heavy atom. The largest absolute Gasteiger partial charge is 0.308 e. The molecule has 3 rings (SSSR count). The van der Waals surface area contributed by atoms with Gasteiger partial charge >= 0.3 is 0 Å². The molecule has 1 aromatic rings. The van der Waals surface area contributed by atoms with E-state index in [1.165, 1.54) is 44.2 Å². The van der Waals surface area contributed by atoms with E-state index in [9.17, 15) is 0 Å². The van der Waals surface area contributed by atoms with Crippen LogP contribution in [0, 0.1) is 0 Å². The van der Waals surface area contributed by atoms with Crippen LogP contribution in [0.4, 0.5) is 0 Å². The lowest BCUT2D eigenvalue weighted by Crippen LogP contribution is -2.68. The second-order valence-electron chi connectivity index (χ2n) is 7.22. The molecule has 1 aliphatic carbocycles. The maximum atomic E-state index is 4.13. The summed E-state index contributed by atoms with van der Waals surface area (Å²) in [5, 5.41) is 3.89. The number of nitrogens with one attached hydrogen (secondary N) is 1. The van der Waals surface area contributed by atoms with Gasteiger partial charge in [-0.1, -0.05) is 19.3 Å². The van der Waals surface area contributed by atoms with E-state index in [1.807, 2.05) is 12.4 Å². The van der Waals surface area contributed by atoms with Gasteiger partial charge in [0.15, 0.2) is 0 Å². The Balaban J connectivity index is 1.75. The van der Waals surface area contributed by atoms with E-state index >= 15 is 0 Å². The van der Waals surface area contributed by atoms with Crippen LogP contribution in [-0.4, -0.2) is 34.1 Å². The van der Waals surface area contributed by atoms with Crippen molar-refractivity contribution in [2.45, 2.75) is 63.6 Å². The lowest BCUT2D eigenvalue weighted by atomic mass is 9.77. The summed E-state index contributed by atoms with van der Waals surface area (Å²) in [6.45, 7) is 8.03. The summed E-state index contributed by atoms with van der Waals surface area (Å²) in [6.07, 6.45) is 10.7. The molecule has 0 amide bonds. The number of piperazine rings is 1. The van der Waals surface area contributed by atoms with Crippen molar-refractivity contribution >= 4 is 0 Å². The lowest BCUT2D eigenvalue weighted by Gasteiger charge is -2.53. The van der Waals surface area contributed by atoms with Gasteiger partial charge in [0.2, 0.25) is 0 Å². The summed E-state index contributed by atoms with van der Waals surface area (Å²) in [7, 11) is 0. The third-order valence-electron chi connectivity index (χ3n) is 5.18. The smallest absolute Gasteiger partial charge is 0.0309 e. The molecule has 1 aromatic heterocycles. The van der Waals surface area contributed by atoms with Gasteiger partial charge in [-0.15, -0.1) is 0 Å². The number of pyridine rings is 1. The Morgan fingerprint density at radius 1 is 1.15 bits per heavy atom. The zero-order valence-corrected chi connectivity index (χ0v) is 12.9. The summed E-state index contributed by atoms with van der Waals surface area (Å²) >= 11 is 0. The van der Waals surface area contributed by atoms with Crippen molar-refractivity contribution in [1.82, 2.24) is 15.2 Å². The van der Waals surface area contributed by atoms with Crippen LogP contribution in [0.3, 0.4) is 0 Å². The van der Waals surface area contributed by atoms with Crippen LogP contribution in [0.1, 0.15) is 51.5 Å². The molecule has 3 heteroatoms. The van der Waals surface area contributed by atoms with E-state index in [-0.39, 0.29) is 5.54 Å². The molecule has 0 unspecified atom stereocenters. The van der Waals surface area contributed by atoms with Gasteiger partial charge in [-0.05, 0) is 44.4 Å². The average molecular weight is 273 g/mol. The minimum absolute atomic E-state index is 0.228. The van der Waals surface area contributed by atoms with Crippen molar-refractivity contribution < 1.29 is 0 Å². The first kappa shape index (κ1) is 14.0. The number of aromatic nitrogens is 1. The molecule has 2 fully saturated rings. The van der Waals surface area contributed by atoms with E-state index in [0.29, 0.717) is 5.54 Å². The summed E-state index contributed by atoms with van der Waals surface area (Å²) in [5.74, 6) is 0. The molecule has 0 atom stereocenters. The molecule has 1 aliphatic heterocycles. The number of hydrogen-bond acceptors (Lipinski definition) is 3. The van der Waals surface area contributed by atoms with Gasteiger partial charge < -0.3 is 5.32 Å². The maximum Gasteiger partial charge on any atom is 0.0309 e. The molecule has 20 heavy (non-hydrogen) atoms. The SMILES string of the molecule is CC1(C)CNC2(CCCCC2)CN1Cc1ccncc1. The van der Waals surface area contributed by atoms with Gasteiger partial charge in [-0.2, -0.15) is 0 Å². The van der Waals surface area contributed by atoms with E-state index in [0.717, 1.165) is 13.1 Å². The minimum atomic E-state index is 0.228. The van der Waals surface area contributed by atoms with Crippen molar-refractivity contribution in [2.75, 3.05) is 13.1 Å². The highest BCUT2D eigenvalue weighted by Gasteiger charge is 2.42. The van der Waals surface area contributed by atoms with E-state index in [1.54, 1.807) is 0 Å². The molecule has 0 radical (unpaired) electrons. The van der Waals surface area contributed by atoms with Crippen LogP contribution in [0.5, 0.6) is 0 Å². The van der Waals surface area contributed by atoms with Crippen molar-refractivity contribution in [3.63, 3.8) is 0 Å². The third kappa shape index (κ3) is 2.89. The van der Waals surface area contributed by atoms with E-state index < -0.39 is 0 Å². The Hall–Kier alpha value is -0.930. The normalized spacial score (nSPS) is 25.7. The minimum Gasteiger partial charge on any atom is -0.308 e. The zero-order valence-electron chi connectivity index (χ0n) is 12.9. The van der Waals surface area contributed by atoms with Crippen LogP contribution in [0.15, 0.2) is 24.5 Å². The molecule has 2 heterocycles. The fourth-order valence-electron chi connectivity index (χ4n) is 3.69. The number of rotatable bonds is 2. The molecule has 3 nitrogen and oxygen atoms in total. The first-order chi connectivity index (χ1) is 9.60. The Bertz CT molecular complexity index is 435. The van der Waals surface area contributed by atoms with Crippen LogP contribution in [0.2, 0.25) is 0 Å². The summed E-state index contributed by atoms with van der Waals surface area (Å²) in [4.78, 5) is 6.80. The van der Waals surface area contributed by atoms with Crippen LogP contribution >= 0.6 is 0 Å². The highest BCUT2D eigenvalue weighted by Crippen LogP contribution is 2.35. The summed E-state index contributed by atoms with van der Waals surface area (Å²) in [6, 6.07) is 4.29. The molecular weight excluding hydrogens is 246 g/mol. The second kappa shape index (κ2) is 5.45. The summed E-state index contributed by atoms with van der Waals surface area (Å²) in [5.41, 5.74) is 1.98. The van der Waals surface area contributed by atoms with Crippen molar-refractivity contribution in [3.8, 4) is 0 Å². The molecule has 0 aromatic carbocycles. The van der Waals surface area contributed by atoms with E-state index in [2.05, 4.69) is 41.2 Å². The fourth-order valence-corrected chi connectivity index (χ4v) is 3.69. The topological polar surface area (TPSA) is 28.2 Å². The Morgan fingerprint density at radius 2 is 1.85 bits per heavy atom. The maximum absolute atomic E-state index is 4.13. The molecule has 1 N–H and O–H groups in total.